The zero-order chi connectivity index (χ0) is 96.6. The number of aliphatic hydroxyl groups is 1. The molecule has 18 aromatic rings. The highest BCUT2D eigenvalue weighted by molar-refractivity contribution is 5.92. The van der Waals surface area contributed by atoms with E-state index in [1.165, 1.54) is 0 Å². The Bertz CT molecular complexity index is 7150. The summed E-state index contributed by atoms with van der Waals surface area (Å²) in [6, 6.07) is 20.3. The number of alkyl halides is 2. The van der Waals surface area contributed by atoms with Crippen molar-refractivity contribution in [3.63, 3.8) is 0 Å². The number of nitriles is 3. The van der Waals surface area contributed by atoms with Crippen molar-refractivity contribution in [2.24, 2.45) is 0 Å². The Morgan fingerprint density at radius 2 is 0.593 bits per heavy atom. The number of hydrogen-bond donors (Lipinski definition) is 7. The minimum atomic E-state index is -2.36. The van der Waals surface area contributed by atoms with Crippen molar-refractivity contribution >= 4 is 107 Å². The summed E-state index contributed by atoms with van der Waals surface area (Å²) in [6.45, 7) is 7.42. The lowest BCUT2D eigenvalue weighted by molar-refractivity contribution is 0.0519. The number of likely N-dealkylation sites (N-methyl/N-ethyl adjacent to an activating group) is 6. The van der Waals surface area contributed by atoms with Crippen LogP contribution in [-0.2, 0) is 115 Å². The van der Waals surface area contributed by atoms with Gasteiger partial charge in [0.15, 0.2) is 5.69 Å². The molecule has 0 saturated heterocycles. The van der Waals surface area contributed by atoms with Gasteiger partial charge in [0.25, 0.3) is 0 Å². The number of aromatic nitrogens is 30. The fourth-order valence-corrected chi connectivity index (χ4v) is 19.8. The zero-order valence-electron chi connectivity index (χ0n) is 78.6. The molecule has 0 saturated carbocycles. The summed E-state index contributed by atoms with van der Waals surface area (Å²) in [5, 5.41) is 41.8. The third kappa shape index (κ3) is 19.7. The number of carbonyl (C=O) groups excluding carboxylic acids is 1. The van der Waals surface area contributed by atoms with Crippen molar-refractivity contribution in [1.82, 2.24) is 147 Å². The molecule has 6 atom stereocenters. The number of nitrogens with zero attached hydrogens (tertiary/aromatic N) is 33. The summed E-state index contributed by atoms with van der Waals surface area (Å²) in [6.07, 6.45) is 41.7. The number of H-pyrrole nitrogens is 6. The van der Waals surface area contributed by atoms with Crippen molar-refractivity contribution in [2.45, 2.75) is 198 Å². The molecule has 42 nitrogen and oxygen atoms in total. The van der Waals surface area contributed by atoms with Crippen LogP contribution < -0.4 is 29.4 Å². The fraction of sp³-hybridized carbons (Fsp3) is 0.396. The summed E-state index contributed by atoms with van der Waals surface area (Å²) < 4.78 is 42.8. The van der Waals surface area contributed by atoms with Gasteiger partial charge in [-0.1, -0.05) is 0 Å². The van der Waals surface area contributed by atoms with Crippen LogP contribution >= 0.6 is 0 Å². The molecular formula is C96H107F2N39O3. The SMILES string of the molecule is CCOC(=O)c1cn2c(n1)CC(N(C)c1ncnc3[nH]ccc13)CC2.CN(c1ncnc2[nH]ccc12)C1CCn2cc(CC#N)nc2C1.CN(c1ncnc2[nH]ccc12)C1CCn2cc(CC(F)F)nc2C1.CN(c1ncnc2[nH]ccc12)C1CCn2cc(CO)nc2C1.CN(c1ncnc2[nH]ccc12)[C@@H]1CCn2cc(CC#N)nc2C1.CN(c1ncnc2[nH]ccc12)[C@H]1CCn2cc(CC#N)nc2C1. The summed E-state index contributed by atoms with van der Waals surface area (Å²) in [7, 11) is 12.4. The molecule has 18 aromatic heterocycles. The molecule has 7 N–H and O–H groups in total. The highest BCUT2D eigenvalue weighted by atomic mass is 19.3. The normalized spacial score (nSPS) is 17.1. The molecule has 0 aromatic carbocycles. The largest absolute Gasteiger partial charge is 0.461 e. The fourth-order valence-electron chi connectivity index (χ4n) is 19.8. The van der Waals surface area contributed by atoms with Crippen LogP contribution in [0.3, 0.4) is 0 Å². The van der Waals surface area contributed by atoms with E-state index in [2.05, 4.69) is 214 Å². The Labute approximate surface area is 801 Å². The van der Waals surface area contributed by atoms with E-state index in [0.29, 0.717) is 61.4 Å². The van der Waals surface area contributed by atoms with Gasteiger partial charge in [0.05, 0.1) is 118 Å². The van der Waals surface area contributed by atoms with Crippen molar-refractivity contribution in [2.75, 3.05) is 78.3 Å². The van der Waals surface area contributed by atoms with Gasteiger partial charge in [-0.15, -0.1) is 0 Å². The Hall–Kier alpha value is -16.5. The smallest absolute Gasteiger partial charge is 0.358 e. The van der Waals surface area contributed by atoms with Crippen LogP contribution in [0.15, 0.2) is 149 Å². The van der Waals surface area contributed by atoms with Crippen LogP contribution in [0.2, 0.25) is 0 Å². The summed E-state index contributed by atoms with van der Waals surface area (Å²) in [5.41, 5.74) is 9.25. The second-order valence-electron chi connectivity index (χ2n) is 35.6. The first-order valence-electron chi connectivity index (χ1n) is 46.9. The second-order valence-corrected chi connectivity index (χ2v) is 35.6. The lowest BCUT2D eigenvalue weighted by atomic mass is 10.0. The maximum absolute atomic E-state index is 12.6. The van der Waals surface area contributed by atoms with Gasteiger partial charge in [0.1, 0.15) is 142 Å². The van der Waals surface area contributed by atoms with Crippen LogP contribution in [0.25, 0.3) is 66.2 Å². The van der Waals surface area contributed by atoms with Gasteiger partial charge in [-0.05, 0) is 81.8 Å². The maximum atomic E-state index is 12.6. The maximum Gasteiger partial charge on any atom is 0.358 e. The Balaban J connectivity index is 0.000000107. The summed E-state index contributed by atoms with van der Waals surface area (Å²) >= 11 is 0. The molecule has 0 bridgehead atoms. The van der Waals surface area contributed by atoms with E-state index < -0.39 is 6.43 Å². The van der Waals surface area contributed by atoms with Gasteiger partial charge in [-0.3, -0.25) is 0 Å². The number of hydrogen-bond acceptors (Lipinski definition) is 30. The third-order valence-corrected chi connectivity index (χ3v) is 27.2. The lowest BCUT2D eigenvalue weighted by Crippen LogP contribution is -2.38. The molecule has 0 spiro atoms. The Morgan fingerprint density at radius 3 is 0.836 bits per heavy atom. The number of imidazole rings is 6. The molecule has 6 aliphatic rings. The van der Waals surface area contributed by atoms with Crippen molar-refractivity contribution in [3.8, 4) is 18.2 Å². The quantitative estimate of drug-likeness (QED) is 0.0349. The number of aromatic amines is 6. The minimum Gasteiger partial charge on any atom is -0.461 e. The van der Waals surface area contributed by atoms with Crippen LogP contribution in [0.1, 0.15) is 119 Å². The van der Waals surface area contributed by atoms with Crippen LogP contribution in [0.5, 0.6) is 0 Å². The van der Waals surface area contributed by atoms with E-state index in [4.69, 9.17) is 20.5 Å². The molecule has 0 fully saturated rings. The number of fused-ring (bicyclic) bond motifs is 12. The monoisotopic (exact) mass is 1890 g/mol. The molecule has 6 aliphatic heterocycles. The average molecular weight is 1890 g/mol. The lowest BCUT2D eigenvalue weighted by Gasteiger charge is -2.32. The standard InChI is InChI=1S/C17H20N6O2.C16H18F2N6.3C16H17N7.C15H18N6O/c1-3-25-17(24)13-9-23-7-5-11(8-14(23)21-13)22(2)16-12-4-6-18-15(12)19-10-20-16;1-23(16-12-2-4-19-15(12)20-9-21-16)11-3-5-24-8-10(6-13(17)18)22-14(24)7-11;3*1-22(16-13-3-6-18-15(13)19-10-20-16)12-4-7-23-9-11(2-5-17)21-14(23)8-12;1-20(15-12-2-4-16-14(12)17-9-18-15)11-3-5-21-7-10(8-22)19-13(21)6-11/h4,6,9-11H,3,5,7-8H2,1-2H3,(H,18,19,20);2,4,8-9,11,13H,3,5-7H2,1H3,(H,19,20,21);3*3,6,9-10,12H,2,4,7-8H2,1H3,(H,18,19,20);2,4,7,9,11,22H,3,5-6,8H2,1H3,(H,16,17,18)/t;;2*12-;;/m..10../s1. The number of aryl methyl sites for hydroxylation is 6. The van der Waals surface area contributed by atoms with Gasteiger partial charge in [-0.2, -0.15) is 15.8 Å². The predicted octanol–water partition coefficient (Wildman–Crippen LogP) is 10.3. The van der Waals surface area contributed by atoms with E-state index in [1.54, 1.807) is 57.3 Å². The van der Waals surface area contributed by atoms with Gasteiger partial charge < -0.3 is 96.5 Å². The van der Waals surface area contributed by atoms with Crippen LogP contribution in [-0.4, -0.2) is 250 Å². The zero-order valence-corrected chi connectivity index (χ0v) is 78.6. The van der Waals surface area contributed by atoms with Crippen molar-refractivity contribution in [3.05, 3.63) is 218 Å². The van der Waals surface area contributed by atoms with Crippen molar-refractivity contribution in [1.29, 1.82) is 15.8 Å². The van der Waals surface area contributed by atoms with E-state index >= 15 is 0 Å². The van der Waals surface area contributed by atoms with E-state index in [1.807, 2.05) is 122 Å². The number of rotatable bonds is 20. The number of carbonyl (C=O) groups is 1. The highest BCUT2D eigenvalue weighted by Gasteiger charge is 2.34. The highest BCUT2D eigenvalue weighted by Crippen LogP contribution is 2.36. The summed E-state index contributed by atoms with van der Waals surface area (Å²) in [5.74, 6) is 11.2. The minimum absolute atomic E-state index is 0.00358. The molecule has 718 valence electrons. The first kappa shape index (κ1) is 92.6. The van der Waals surface area contributed by atoms with E-state index in [9.17, 15) is 18.7 Å². The van der Waals surface area contributed by atoms with E-state index in [0.717, 1.165) is 275 Å². The van der Waals surface area contributed by atoms with Crippen molar-refractivity contribution < 1.29 is 23.4 Å². The topological polar surface area (TPSA) is 494 Å². The molecule has 24 heterocycles. The molecular weight excluding hydrogens is 1790 g/mol. The third-order valence-electron chi connectivity index (χ3n) is 27.2. The van der Waals surface area contributed by atoms with Gasteiger partial charge >= 0.3 is 5.97 Å². The first-order valence-corrected chi connectivity index (χ1v) is 46.9. The number of nitrogens with one attached hydrogen (secondary N) is 6. The second kappa shape index (κ2) is 41.2. The van der Waals surface area contributed by atoms with E-state index in [-0.39, 0.29) is 31.1 Å². The van der Waals surface area contributed by atoms with Gasteiger partial charge in [0.2, 0.25) is 6.43 Å². The molecule has 44 heteroatoms. The number of anilines is 6. The number of ether oxygens (including phenoxy) is 1. The number of aliphatic hydroxyl groups excluding tert-OH is 1. The number of esters is 1. The molecule has 4 unspecified atom stereocenters. The van der Waals surface area contributed by atoms with Crippen LogP contribution in [0, 0.1) is 34.0 Å². The number of halogens is 2. The molecule has 24 rings (SSSR count). The Kier molecular flexibility index (Phi) is 27.3. The first-order chi connectivity index (χ1) is 68.3. The molecule has 0 amide bonds. The predicted molar refractivity (Wildman–Crippen MR) is 519 cm³/mol. The molecule has 0 aliphatic carbocycles. The van der Waals surface area contributed by atoms with Gasteiger partial charge in [0, 0.05) is 231 Å². The molecule has 140 heavy (non-hydrogen) atoms. The Morgan fingerprint density at radius 1 is 0.364 bits per heavy atom. The summed E-state index contributed by atoms with van der Waals surface area (Å²) in [4.78, 5) is 123. The molecule has 0 radical (unpaired) electrons. The average Bonchev–Trinajstić information content (AvgIpc) is 1.61. The van der Waals surface area contributed by atoms with Crippen LogP contribution in [0.4, 0.5) is 43.7 Å². The van der Waals surface area contributed by atoms with Gasteiger partial charge in [-0.25, -0.2) is 103 Å².